The molecular weight excluding hydrogens is 158 g/mol. The van der Waals surface area contributed by atoms with Crippen LogP contribution >= 0.6 is 0 Å². The Morgan fingerprint density at radius 2 is 2.17 bits per heavy atom. The number of nitrogens with zero attached hydrogens (tertiary/aromatic N) is 1. The van der Waals surface area contributed by atoms with Gasteiger partial charge in [-0.05, 0) is 6.42 Å². The van der Waals surface area contributed by atoms with Crippen LogP contribution in [0.15, 0.2) is 0 Å². The van der Waals surface area contributed by atoms with Gasteiger partial charge in [-0.15, -0.1) is 0 Å². The predicted molar refractivity (Wildman–Crippen MR) is 44.5 cm³/mol. The van der Waals surface area contributed by atoms with Gasteiger partial charge in [-0.25, -0.2) is 0 Å². The molecule has 0 spiro atoms. The van der Waals surface area contributed by atoms with Crippen LogP contribution in [0, 0.1) is 0 Å². The number of likely N-dealkylation sites (N-methyl/N-ethyl adjacent to an activating group) is 1. The number of carbonyl (C=O) groups excluding carboxylic acids is 2. The maximum atomic E-state index is 11.3. The Balaban J connectivity index is 4.08. The van der Waals surface area contributed by atoms with Crippen LogP contribution < -0.4 is 0 Å². The SMILES string of the molecule is CCCC(OC=O)C(=O)N(C)C. The summed E-state index contributed by atoms with van der Waals surface area (Å²) in [7, 11) is 3.28. The predicted octanol–water partition coefficient (Wildman–Crippen LogP) is 0.416. The molecule has 4 nitrogen and oxygen atoms in total. The number of amides is 1. The molecule has 0 bridgehead atoms. The quantitative estimate of drug-likeness (QED) is 0.566. The average Bonchev–Trinajstić information content (AvgIpc) is 2.03. The summed E-state index contributed by atoms with van der Waals surface area (Å²) in [6.07, 6.45) is 0.788. The Kier molecular flexibility index (Phi) is 5.08. The molecule has 0 heterocycles. The molecule has 1 amide bonds. The maximum absolute atomic E-state index is 11.3. The highest BCUT2D eigenvalue weighted by atomic mass is 16.5. The van der Waals surface area contributed by atoms with Gasteiger partial charge in [0.15, 0.2) is 6.10 Å². The number of carbonyl (C=O) groups is 2. The lowest BCUT2D eigenvalue weighted by atomic mass is 10.2. The molecule has 0 aromatic carbocycles. The molecule has 0 aliphatic carbocycles. The molecule has 0 saturated carbocycles. The molecule has 0 saturated heterocycles. The van der Waals surface area contributed by atoms with E-state index >= 15 is 0 Å². The van der Waals surface area contributed by atoms with Crippen LogP contribution in [0.4, 0.5) is 0 Å². The fourth-order valence-corrected chi connectivity index (χ4v) is 0.867. The molecule has 0 rings (SSSR count). The topological polar surface area (TPSA) is 46.6 Å². The van der Waals surface area contributed by atoms with Gasteiger partial charge >= 0.3 is 0 Å². The van der Waals surface area contributed by atoms with E-state index in [2.05, 4.69) is 4.74 Å². The normalized spacial score (nSPS) is 11.9. The molecule has 0 aliphatic rings. The van der Waals surface area contributed by atoms with Gasteiger partial charge in [0.25, 0.3) is 12.4 Å². The number of ether oxygens (including phenoxy) is 1. The van der Waals surface area contributed by atoms with Gasteiger partial charge < -0.3 is 9.64 Å². The van der Waals surface area contributed by atoms with E-state index in [1.54, 1.807) is 14.1 Å². The van der Waals surface area contributed by atoms with E-state index in [1.807, 2.05) is 6.92 Å². The van der Waals surface area contributed by atoms with E-state index in [4.69, 9.17) is 0 Å². The fraction of sp³-hybridized carbons (Fsp3) is 0.750. The molecule has 0 aliphatic heterocycles. The third-order valence-electron chi connectivity index (χ3n) is 1.49. The lowest BCUT2D eigenvalue weighted by molar-refractivity contribution is -0.150. The lowest BCUT2D eigenvalue weighted by Crippen LogP contribution is -2.35. The molecule has 0 fully saturated rings. The molecule has 0 aromatic heterocycles. The number of hydrogen-bond donors (Lipinski definition) is 0. The van der Waals surface area contributed by atoms with E-state index in [9.17, 15) is 9.59 Å². The van der Waals surface area contributed by atoms with Crippen LogP contribution in [0.2, 0.25) is 0 Å². The summed E-state index contributed by atoms with van der Waals surface area (Å²) in [5.74, 6) is -0.163. The minimum atomic E-state index is -0.609. The summed E-state index contributed by atoms with van der Waals surface area (Å²) >= 11 is 0. The van der Waals surface area contributed by atoms with Gasteiger partial charge in [0.05, 0.1) is 0 Å². The molecule has 12 heavy (non-hydrogen) atoms. The van der Waals surface area contributed by atoms with Crippen molar-refractivity contribution in [2.24, 2.45) is 0 Å². The molecule has 4 heteroatoms. The van der Waals surface area contributed by atoms with E-state index in [0.717, 1.165) is 6.42 Å². The third kappa shape index (κ3) is 3.37. The van der Waals surface area contributed by atoms with Crippen molar-refractivity contribution in [3.05, 3.63) is 0 Å². The second-order valence-electron chi connectivity index (χ2n) is 2.74. The summed E-state index contributed by atoms with van der Waals surface area (Å²) in [6.45, 7) is 2.26. The minimum Gasteiger partial charge on any atom is -0.454 e. The van der Waals surface area contributed by atoms with Crippen LogP contribution in [-0.4, -0.2) is 37.5 Å². The lowest BCUT2D eigenvalue weighted by Gasteiger charge is -2.17. The molecule has 0 aromatic rings. The fourth-order valence-electron chi connectivity index (χ4n) is 0.867. The standard InChI is InChI=1S/C8H15NO3/c1-4-5-7(12-6-10)8(11)9(2)3/h6-7H,4-5H2,1-3H3. The number of rotatable bonds is 5. The first kappa shape index (κ1) is 10.9. The Bertz CT molecular complexity index is 156. The van der Waals surface area contributed by atoms with Crippen molar-refractivity contribution in [3.8, 4) is 0 Å². The van der Waals surface area contributed by atoms with Crippen LogP contribution in [0.3, 0.4) is 0 Å². The van der Waals surface area contributed by atoms with Gasteiger partial charge in [0.1, 0.15) is 0 Å². The first-order valence-electron chi connectivity index (χ1n) is 3.93. The van der Waals surface area contributed by atoms with Gasteiger partial charge in [-0.3, -0.25) is 9.59 Å². The third-order valence-corrected chi connectivity index (χ3v) is 1.49. The van der Waals surface area contributed by atoms with Crippen molar-refractivity contribution in [3.63, 3.8) is 0 Å². The van der Waals surface area contributed by atoms with E-state index in [0.29, 0.717) is 12.9 Å². The second kappa shape index (κ2) is 5.57. The first-order chi connectivity index (χ1) is 5.63. The van der Waals surface area contributed by atoms with E-state index in [1.165, 1.54) is 4.90 Å². The Labute approximate surface area is 72.5 Å². The molecule has 0 N–H and O–H groups in total. The molecular formula is C8H15NO3. The molecule has 1 atom stereocenters. The van der Waals surface area contributed by atoms with Crippen molar-refractivity contribution in [2.75, 3.05) is 14.1 Å². The highest BCUT2D eigenvalue weighted by Gasteiger charge is 2.19. The van der Waals surface area contributed by atoms with Gasteiger partial charge in [0, 0.05) is 14.1 Å². The first-order valence-corrected chi connectivity index (χ1v) is 3.93. The van der Waals surface area contributed by atoms with E-state index in [-0.39, 0.29) is 5.91 Å². The summed E-state index contributed by atoms with van der Waals surface area (Å²) in [4.78, 5) is 22.7. The summed E-state index contributed by atoms with van der Waals surface area (Å²) in [5, 5.41) is 0. The summed E-state index contributed by atoms with van der Waals surface area (Å²) in [5.41, 5.74) is 0. The van der Waals surface area contributed by atoms with Crippen molar-refractivity contribution < 1.29 is 14.3 Å². The Hall–Kier alpha value is -1.06. The Morgan fingerprint density at radius 1 is 1.58 bits per heavy atom. The van der Waals surface area contributed by atoms with Crippen LogP contribution in [0.1, 0.15) is 19.8 Å². The van der Waals surface area contributed by atoms with Crippen LogP contribution in [-0.2, 0) is 14.3 Å². The van der Waals surface area contributed by atoms with Gasteiger partial charge in [0.2, 0.25) is 0 Å². The van der Waals surface area contributed by atoms with Gasteiger partial charge in [-0.2, -0.15) is 0 Å². The molecule has 1 unspecified atom stereocenters. The zero-order valence-corrected chi connectivity index (χ0v) is 7.74. The van der Waals surface area contributed by atoms with E-state index < -0.39 is 6.10 Å². The van der Waals surface area contributed by atoms with Crippen LogP contribution in [0.5, 0.6) is 0 Å². The summed E-state index contributed by atoms with van der Waals surface area (Å²) < 4.78 is 4.63. The highest BCUT2D eigenvalue weighted by Crippen LogP contribution is 2.03. The van der Waals surface area contributed by atoms with Crippen molar-refractivity contribution >= 4 is 12.4 Å². The second-order valence-corrected chi connectivity index (χ2v) is 2.74. The van der Waals surface area contributed by atoms with Gasteiger partial charge in [-0.1, -0.05) is 13.3 Å². The number of hydrogen-bond acceptors (Lipinski definition) is 3. The average molecular weight is 173 g/mol. The highest BCUT2D eigenvalue weighted by molar-refractivity contribution is 5.81. The summed E-state index contributed by atoms with van der Waals surface area (Å²) in [6, 6.07) is 0. The van der Waals surface area contributed by atoms with Crippen molar-refractivity contribution in [1.82, 2.24) is 4.90 Å². The Morgan fingerprint density at radius 3 is 2.50 bits per heavy atom. The zero-order chi connectivity index (χ0) is 9.56. The maximum Gasteiger partial charge on any atom is 0.293 e. The largest absolute Gasteiger partial charge is 0.454 e. The smallest absolute Gasteiger partial charge is 0.293 e. The monoisotopic (exact) mass is 173 g/mol. The zero-order valence-electron chi connectivity index (χ0n) is 7.74. The van der Waals surface area contributed by atoms with Crippen molar-refractivity contribution in [1.29, 1.82) is 0 Å². The van der Waals surface area contributed by atoms with Crippen molar-refractivity contribution in [2.45, 2.75) is 25.9 Å². The minimum absolute atomic E-state index is 0.163. The molecule has 0 radical (unpaired) electrons. The molecule has 70 valence electrons. The van der Waals surface area contributed by atoms with Crippen LogP contribution in [0.25, 0.3) is 0 Å².